The number of fused-ring (bicyclic) bond motifs is 15. The molecule has 0 atom stereocenters. The Hall–Kier alpha value is -6.48. The Bertz CT molecular complexity index is 3380. The maximum atomic E-state index is 6.22. The summed E-state index contributed by atoms with van der Waals surface area (Å²) in [5.74, 6) is 0. The van der Waals surface area contributed by atoms with E-state index in [1.807, 2.05) is 17.4 Å². The van der Waals surface area contributed by atoms with Crippen LogP contribution in [0.15, 0.2) is 174 Å². The highest BCUT2D eigenvalue weighted by Crippen LogP contribution is 2.48. The number of benzene rings is 10. The second kappa shape index (κ2) is 10.5. The molecule has 0 aliphatic carbocycles. The summed E-state index contributed by atoms with van der Waals surface area (Å²) in [7, 11) is 0. The molecule has 0 aliphatic heterocycles. The molecule has 10 aromatic carbocycles. The number of furan rings is 1. The van der Waals surface area contributed by atoms with Gasteiger partial charge in [-0.2, -0.15) is 0 Å². The van der Waals surface area contributed by atoms with E-state index in [0.717, 1.165) is 21.9 Å². The third-order valence-corrected chi connectivity index (χ3v) is 12.4. The number of hydrogen-bond donors (Lipinski definition) is 0. The quantitative estimate of drug-likeness (QED) is 0.131. The van der Waals surface area contributed by atoms with Crippen molar-refractivity contribution in [3.05, 3.63) is 170 Å². The Morgan fingerprint density at radius 1 is 0.308 bits per heavy atom. The zero-order valence-electron chi connectivity index (χ0n) is 28.0. The fraction of sp³-hybridized carbons (Fsp3) is 0. The van der Waals surface area contributed by atoms with Crippen LogP contribution in [0.1, 0.15) is 0 Å². The highest BCUT2D eigenvalue weighted by Gasteiger charge is 2.20. The molecule has 12 rings (SSSR count). The van der Waals surface area contributed by atoms with Crippen molar-refractivity contribution in [3.8, 4) is 22.3 Å². The van der Waals surface area contributed by atoms with Crippen molar-refractivity contribution >= 4 is 107 Å². The lowest BCUT2D eigenvalue weighted by Gasteiger charge is -2.18. The van der Waals surface area contributed by atoms with E-state index in [-0.39, 0.29) is 0 Å². The molecule has 0 aliphatic rings. The van der Waals surface area contributed by atoms with Crippen LogP contribution in [0, 0.1) is 0 Å². The van der Waals surface area contributed by atoms with Gasteiger partial charge < -0.3 is 4.42 Å². The Labute approximate surface area is 302 Å². The summed E-state index contributed by atoms with van der Waals surface area (Å²) in [6.07, 6.45) is 0. The molecule has 0 bridgehead atoms. The smallest absolute Gasteiger partial charge is 0.135 e. The molecule has 2 heteroatoms. The number of rotatable bonds is 2. The van der Waals surface area contributed by atoms with Crippen LogP contribution in [-0.2, 0) is 0 Å². The standard InChI is InChI=1S/C50H28OS/c1-2-13-33-31(11-1)32-12-3-4-15-35(32)49-40(33)23-24-41-43-28-30(22-26-46(43)52-50(41)49)48-38-18-7-5-16-36(38)47(37-17-6-8-19-39(37)48)29-21-25-45-42(27-29)34-14-9-10-20-44(34)51-45/h1-28H. The molecule has 1 nitrogen and oxygen atoms in total. The molecule has 0 N–H and O–H groups in total. The first-order valence-electron chi connectivity index (χ1n) is 17.8. The van der Waals surface area contributed by atoms with Gasteiger partial charge in [0.2, 0.25) is 0 Å². The van der Waals surface area contributed by atoms with E-state index in [4.69, 9.17) is 4.42 Å². The summed E-state index contributed by atoms with van der Waals surface area (Å²) in [4.78, 5) is 0. The summed E-state index contributed by atoms with van der Waals surface area (Å²) in [6.45, 7) is 0. The van der Waals surface area contributed by atoms with Crippen molar-refractivity contribution in [3.63, 3.8) is 0 Å². The predicted molar refractivity (Wildman–Crippen MR) is 225 cm³/mol. The van der Waals surface area contributed by atoms with E-state index in [9.17, 15) is 0 Å². The first-order chi connectivity index (χ1) is 25.8. The lowest BCUT2D eigenvalue weighted by atomic mass is 9.85. The van der Waals surface area contributed by atoms with Gasteiger partial charge in [-0.15, -0.1) is 11.3 Å². The van der Waals surface area contributed by atoms with E-state index in [0.29, 0.717) is 0 Å². The summed E-state index contributed by atoms with van der Waals surface area (Å²) in [6, 6.07) is 62.5. The predicted octanol–water partition coefficient (Wildman–Crippen LogP) is 15.1. The van der Waals surface area contributed by atoms with Gasteiger partial charge in [0.15, 0.2) is 0 Å². The molecule has 2 heterocycles. The van der Waals surface area contributed by atoms with E-state index < -0.39 is 0 Å². The molecule has 0 fully saturated rings. The molecule has 240 valence electrons. The van der Waals surface area contributed by atoms with Crippen LogP contribution in [-0.4, -0.2) is 0 Å². The highest BCUT2D eigenvalue weighted by atomic mass is 32.1. The Kier molecular flexibility index (Phi) is 5.71. The van der Waals surface area contributed by atoms with Gasteiger partial charge in [-0.25, -0.2) is 0 Å². The molecule has 0 saturated heterocycles. The zero-order valence-corrected chi connectivity index (χ0v) is 28.8. The first kappa shape index (κ1) is 28.2. The maximum absolute atomic E-state index is 6.22. The molecule has 2 aromatic heterocycles. The Balaban J connectivity index is 1.14. The van der Waals surface area contributed by atoms with Gasteiger partial charge >= 0.3 is 0 Å². The molecule has 0 amide bonds. The van der Waals surface area contributed by atoms with Gasteiger partial charge in [0.05, 0.1) is 0 Å². The van der Waals surface area contributed by atoms with E-state index in [1.54, 1.807) is 0 Å². The van der Waals surface area contributed by atoms with E-state index >= 15 is 0 Å². The van der Waals surface area contributed by atoms with Crippen molar-refractivity contribution in [2.75, 3.05) is 0 Å². The van der Waals surface area contributed by atoms with Crippen molar-refractivity contribution in [2.24, 2.45) is 0 Å². The minimum absolute atomic E-state index is 0.917. The molecule has 0 unspecified atom stereocenters. The van der Waals surface area contributed by atoms with Crippen LogP contribution in [0.2, 0.25) is 0 Å². The number of thiophene rings is 1. The number of hydrogen-bond acceptors (Lipinski definition) is 2. The second-order valence-electron chi connectivity index (χ2n) is 13.9. The first-order valence-corrected chi connectivity index (χ1v) is 18.7. The summed E-state index contributed by atoms with van der Waals surface area (Å²) < 4.78 is 8.89. The van der Waals surface area contributed by atoms with Crippen LogP contribution in [0.3, 0.4) is 0 Å². The topological polar surface area (TPSA) is 13.1 Å². The van der Waals surface area contributed by atoms with Crippen molar-refractivity contribution in [1.29, 1.82) is 0 Å². The van der Waals surface area contributed by atoms with Crippen molar-refractivity contribution in [1.82, 2.24) is 0 Å². The van der Waals surface area contributed by atoms with Gasteiger partial charge in [-0.05, 0) is 101 Å². The third-order valence-electron chi connectivity index (χ3n) is 11.2. The summed E-state index contributed by atoms with van der Waals surface area (Å²) >= 11 is 1.92. The molecule has 12 aromatic rings. The average molecular weight is 677 g/mol. The minimum Gasteiger partial charge on any atom is -0.456 e. The second-order valence-corrected chi connectivity index (χ2v) is 15.0. The van der Waals surface area contributed by atoms with Gasteiger partial charge in [-0.1, -0.05) is 140 Å². The van der Waals surface area contributed by atoms with Crippen LogP contribution in [0.25, 0.3) is 118 Å². The molecule has 0 spiro atoms. The SMILES string of the molecule is c1ccc2c(c1)oc1ccc(-c3c4ccccc4c(-c4ccc5sc6c(ccc7c8ccccc8c8ccccc8c76)c5c4)c4ccccc34)cc12. The lowest BCUT2D eigenvalue weighted by Crippen LogP contribution is -1.90. The minimum atomic E-state index is 0.917. The lowest BCUT2D eigenvalue weighted by molar-refractivity contribution is 0.669. The molecular weight excluding hydrogens is 649 g/mol. The van der Waals surface area contributed by atoms with Crippen LogP contribution in [0.4, 0.5) is 0 Å². The van der Waals surface area contributed by atoms with Crippen molar-refractivity contribution in [2.45, 2.75) is 0 Å². The Morgan fingerprint density at radius 2 is 0.750 bits per heavy atom. The summed E-state index contributed by atoms with van der Waals surface area (Å²) in [5.41, 5.74) is 6.82. The molecule has 0 radical (unpaired) electrons. The molecular formula is C50H28OS. The van der Waals surface area contributed by atoms with Crippen LogP contribution in [0.5, 0.6) is 0 Å². The molecule has 0 saturated carbocycles. The van der Waals surface area contributed by atoms with E-state index in [1.165, 1.54) is 96.3 Å². The normalized spacial score (nSPS) is 12.2. The fourth-order valence-corrected chi connectivity index (χ4v) is 10.3. The van der Waals surface area contributed by atoms with Crippen LogP contribution >= 0.6 is 11.3 Å². The van der Waals surface area contributed by atoms with Crippen molar-refractivity contribution < 1.29 is 4.42 Å². The van der Waals surface area contributed by atoms with Gasteiger partial charge in [0.25, 0.3) is 0 Å². The number of para-hydroxylation sites is 1. The van der Waals surface area contributed by atoms with Gasteiger partial charge in [-0.3, -0.25) is 0 Å². The molecule has 52 heavy (non-hydrogen) atoms. The van der Waals surface area contributed by atoms with Crippen LogP contribution < -0.4 is 0 Å². The zero-order chi connectivity index (χ0) is 33.9. The largest absolute Gasteiger partial charge is 0.456 e. The Morgan fingerprint density at radius 3 is 1.38 bits per heavy atom. The third kappa shape index (κ3) is 3.82. The van der Waals surface area contributed by atoms with Gasteiger partial charge in [0.1, 0.15) is 11.2 Å². The van der Waals surface area contributed by atoms with Gasteiger partial charge in [0, 0.05) is 36.3 Å². The van der Waals surface area contributed by atoms with E-state index in [2.05, 4.69) is 164 Å². The average Bonchev–Trinajstić information content (AvgIpc) is 3.77. The summed E-state index contributed by atoms with van der Waals surface area (Å²) in [5, 5.41) is 17.9. The fourth-order valence-electron chi connectivity index (χ4n) is 9.01. The monoisotopic (exact) mass is 676 g/mol. The maximum Gasteiger partial charge on any atom is 0.135 e. The highest BCUT2D eigenvalue weighted by molar-refractivity contribution is 7.26.